The number of nitrogens with one attached hydrogen (secondary N) is 1. The zero-order valence-electron chi connectivity index (χ0n) is 12.6. The zero-order chi connectivity index (χ0) is 14.6. The van der Waals surface area contributed by atoms with Gasteiger partial charge in [-0.05, 0) is 45.5 Å². The molecule has 0 unspecified atom stereocenters. The van der Waals surface area contributed by atoms with Gasteiger partial charge in [-0.3, -0.25) is 4.79 Å². The van der Waals surface area contributed by atoms with E-state index in [9.17, 15) is 4.79 Å². The number of nitrogens with zero attached hydrogens (tertiary/aromatic N) is 1. The third kappa shape index (κ3) is 3.58. The predicted octanol–water partition coefficient (Wildman–Crippen LogP) is 1.70. The first-order valence-corrected chi connectivity index (χ1v) is 7.19. The average molecular weight is 276 g/mol. The van der Waals surface area contributed by atoms with E-state index in [2.05, 4.69) is 5.32 Å². The molecule has 0 saturated carbocycles. The molecular weight excluding hydrogens is 252 g/mol. The molecule has 0 aliphatic carbocycles. The highest BCUT2D eigenvalue weighted by atomic mass is 16.5. The van der Waals surface area contributed by atoms with Gasteiger partial charge in [0.2, 0.25) is 0 Å². The smallest absolute Gasteiger partial charge is 0.254 e. The number of hydrogen-bond acceptors (Lipinski definition) is 3. The molecule has 1 N–H and O–H groups in total. The molecule has 20 heavy (non-hydrogen) atoms. The third-order valence-electron chi connectivity index (χ3n) is 3.60. The molecule has 4 nitrogen and oxygen atoms in total. The van der Waals surface area contributed by atoms with Crippen LogP contribution in [0.2, 0.25) is 0 Å². The summed E-state index contributed by atoms with van der Waals surface area (Å²) in [6, 6.07) is 7.89. The number of morpholine rings is 1. The van der Waals surface area contributed by atoms with Gasteiger partial charge in [0.25, 0.3) is 5.91 Å². The van der Waals surface area contributed by atoms with Crippen LogP contribution in [0.3, 0.4) is 0 Å². The van der Waals surface area contributed by atoms with Gasteiger partial charge in [-0.25, -0.2) is 0 Å². The summed E-state index contributed by atoms with van der Waals surface area (Å²) in [6.45, 7) is 6.85. The largest absolute Gasteiger partial charge is 0.372 e. The van der Waals surface area contributed by atoms with Gasteiger partial charge >= 0.3 is 0 Å². The van der Waals surface area contributed by atoms with Gasteiger partial charge in [0, 0.05) is 18.7 Å². The van der Waals surface area contributed by atoms with Gasteiger partial charge in [0.15, 0.2) is 0 Å². The molecule has 2 rings (SSSR count). The monoisotopic (exact) mass is 276 g/mol. The molecular formula is C16H24N2O2. The summed E-state index contributed by atoms with van der Waals surface area (Å²) in [5.74, 6) is 0.119. The molecule has 1 aromatic carbocycles. The van der Waals surface area contributed by atoms with E-state index in [0.29, 0.717) is 19.7 Å². The summed E-state index contributed by atoms with van der Waals surface area (Å²) in [5.41, 5.74) is 1.67. The summed E-state index contributed by atoms with van der Waals surface area (Å²) < 4.78 is 5.67. The second-order valence-electron chi connectivity index (χ2n) is 5.85. The highest BCUT2D eigenvalue weighted by molar-refractivity contribution is 5.95. The van der Waals surface area contributed by atoms with E-state index >= 15 is 0 Å². The second-order valence-corrected chi connectivity index (χ2v) is 5.85. The Hall–Kier alpha value is -1.39. The van der Waals surface area contributed by atoms with Crippen molar-refractivity contribution in [2.45, 2.75) is 25.9 Å². The van der Waals surface area contributed by atoms with Crippen LogP contribution in [0.15, 0.2) is 24.3 Å². The molecule has 0 bridgehead atoms. The van der Waals surface area contributed by atoms with E-state index in [1.54, 1.807) is 0 Å². The minimum atomic E-state index is -0.256. The minimum absolute atomic E-state index is 0.119. The molecule has 0 atom stereocenters. The minimum Gasteiger partial charge on any atom is -0.372 e. The Kier molecular flexibility index (Phi) is 4.78. The van der Waals surface area contributed by atoms with E-state index in [1.165, 1.54) is 0 Å². The molecule has 1 aliphatic heterocycles. The van der Waals surface area contributed by atoms with Crippen LogP contribution in [-0.2, 0) is 11.2 Å². The van der Waals surface area contributed by atoms with Crippen molar-refractivity contribution in [2.75, 3.05) is 33.3 Å². The number of ether oxygens (including phenoxy) is 1. The van der Waals surface area contributed by atoms with Crippen molar-refractivity contribution < 1.29 is 9.53 Å². The molecule has 0 spiro atoms. The first kappa shape index (κ1) is 15.0. The molecule has 4 heteroatoms. The Balaban J connectivity index is 2.16. The van der Waals surface area contributed by atoms with Crippen LogP contribution in [0.4, 0.5) is 0 Å². The first-order valence-electron chi connectivity index (χ1n) is 7.19. The van der Waals surface area contributed by atoms with Crippen LogP contribution >= 0.6 is 0 Å². The molecule has 110 valence electrons. The number of amides is 1. The lowest BCUT2D eigenvalue weighted by Gasteiger charge is -2.38. The Morgan fingerprint density at radius 2 is 2.15 bits per heavy atom. The Bertz CT molecular complexity index is 471. The number of carbonyl (C=O) groups is 1. The van der Waals surface area contributed by atoms with E-state index in [4.69, 9.17) is 4.74 Å². The van der Waals surface area contributed by atoms with E-state index in [-0.39, 0.29) is 11.5 Å². The molecule has 1 aromatic rings. The second kappa shape index (κ2) is 6.37. The molecule has 1 amide bonds. The van der Waals surface area contributed by atoms with Gasteiger partial charge < -0.3 is 15.0 Å². The van der Waals surface area contributed by atoms with Crippen LogP contribution in [0.1, 0.15) is 29.8 Å². The van der Waals surface area contributed by atoms with Gasteiger partial charge in [-0.2, -0.15) is 0 Å². The lowest BCUT2D eigenvalue weighted by Crippen LogP contribution is -2.50. The van der Waals surface area contributed by atoms with E-state index in [0.717, 1.165) is 24.1 Å². The number of benzene rings is 1. The molecule has 1 heterocycles. The lowest BCUT2D eigenvalue weighted by molar-refractivity contribution is -0.0764. The normalized spacial score (nSPS) is 18.1. The lowest BCUT2D eigenvalue weighted by atomic mass is 10.0. The highest BCUT2D eigenvalue weighted by Crippen LogP contribution is 2.20. The topological polar surface area (TPSA) is 41.6 Å². The van der Waals surface area contributed by atoms with Crippen molar-refractivity contribution in [2.24, 2.45) is 0 Å². The van der Waals surface area contributed by atoms with Crippen molar-refractivity contribution in [1.29, 1.82) is 0 Å². The third-order valence-corrected chi connectivity index (χ3v) is 3.60. The number of rotatable bonds is 4. The van der Waals surface area contributed by atoms with Crippen LogP contribution in [0, 0.1) is 0 Å². The zero-order valence-corrected chi connectivity index (χ0v) is 12.6. The first-order chi connectivity index (χ1) is 9.53. The van der Waals surface area contributed by atoms with Crippen molar-refractivity contribution >= 4 is 5.91 Å². The summed E-state index contributed by atoms with van der Waals surface area (Å²) in [5, 5.41) is 3.13. The predicted molar refractivity (Wildman–Crippen MR) is 80.0 cm³/mol. The van der Waals surface area contributed by atoms with Crippen LogP contribution in [-0.4, -0.2) is 49.7 Å². The van der Waals surface area contributed by atoms with E-state index < -0.39 is 0 Å². The summed E-state index contributed by atoms with van der Waals surface area (Å²) >= 11 is 0. The SMILES string of the molecule is CNCCc1ccccc1C(=O)N1CCOC(C)(C)C1. The maximum atomic E-state index is 12.7. The number of carbonyl (C=O) groups excluding carboxylic acids is 1. The quantitative estimate of drug-likeness (QED) is 0.910. The fourth-order valence-corrected chi connectivity index (χ4v) is 2.57. The van der Waals surface area contributed by atoms with Crippen molar-refractivity contribution in [3.63, 3.8) is 0 Å². The maximum Gasteiger partial charge on any atom is 0.254 e. The maximum absolute atomic E-state index is 12.7. The van der Waals surface area contributed by atoms with Gasteiger partial charge in [0.1, 0.15) is 0 Å². The van der Waals surface area contributed by atoms with Gasteiger partial charge in [0.05, 0.1) is 12.2 Å². The van der Waals surface area contributed by atoms with Crippen LogP contribution < -0.4 is 5.32 Å². The molecule has 1 saturated heterocycles. The fraction of sp³-hybridized carbons (Fsp3) is 0.562. The summed E-state index contributed by atoms with van der Waals surface area (Å²) in [7, 11) is 1.93. The molecule has 0 radical (unpaired) electrons. The Morgan fingerprint density at radius 1 is 1.40 bits per heavy atom. The summed E-state index contributed by atoms with van der Waals surface area (Å²) in [6.07, 6.45) is 0.867. The average Bonchev–Trinajstić information content (AvgIpc) is 2.43. The number of likely N-dealkylation sites (N-methyl/N-ethyl adjacent to an activating group) is 1. The Morgan fingerprint density at radius 3 is 2.85 bits per heavy atom. The standard InChI is InChI=1S/C16H24N2O2/c1-16(2)12-18(10-11-20-16)15(19)14-7-5-4-6-13(14)8-9-17-3/h4-7,17H,8-12H2,1-3H3. The van der Waals surface area contributed by atoms with Crippen molar-refractivity contribution in [3.05, 3.63) is 35.4 Å². The van der Waals surface area contributed by atoms with Crippen LogP contribution in [0.5, 0.6) is 0 Å². The molecule has 0 aromatic heterocycles. The molecule has 1 aliphatic rings. The van der Waals surface area contributed by atoms with E-state index in [1.807, 2.05) is 50.1 Å². The van der Waals surface area contributed by atoms with Crippen molar-refractivity contribution in [1.82, 2.24) is 10.2 Å². The Labute approximate surface area is 121 Å². The van der Waals surface area contributed by atoms with Gasteiger partial charge in [-0.15, -0.1) is 0 Å². The molecule has 1 fully saturated rings. The fourth-order valence-electron chi connectivity index (χ4n) is 2.57. The van der Waals surface area contributed by atoms with Crippen molar-refractivity contribution in [3.8, 4) is 0 Å². The number of hydrogen-bond donors (Lipinski definition) is 1. The highest BCUT2D eigenvalue weighted by Gasteiger charge is 2.30. The summed E-state index contributed by atoms with van der Waals surface area (Å²) in [4.78, 5) is 14.6. The van der Waals surface area contributed by atoms with Gasteiger partial charge in [-0.1, -0.05) is 18.2 Å². The van der Waals surface area contributed by atoms with Crippen LogP contribution in [0.25, 0.3) is 0 Å².